The van der Waals surface area contributed by atoms with Crippen LogP contribution in [-0.2, 0) is 4.79 Å². The number of hydrogen-bond donors (Lipinski definition) is 1. The highest BCUT2D eigenvalue weighted by Gasteiger charge is 2.30. The van der Waals surface area contributed by atoms with Gasteiger partial charge in [0.2, 0.25) is 5.91 Å². The monoisotopic (exact) mass is 198 g/mol. The van der Waals surface area contributed by atoms with Crippen LogP contribution in [0.25, 0.3) is 0 Å². The number of rotatable bonds is 4. The van der Waals surface area contributed by atoms with Crippen LogP contribution in [0.5, 0.6) is 0 Å². The number of amides is 1. The second kappa shape index (κ2) is 4.30. The Morgan fingerprint density at radius 1 is 1.50 bits per heavy atom. The predicted octanol–water partition coefficient (Wildman–Crippen LogP) is 1.24. The van der Waals surface area contributed by atoms with E-state index in [1.165, 1.54) is 19.3 Å². The maximum absolute atomic E-state index is 11.9. The van der Waals surface area contributed by atoms with E-state index in [0.717, 1.165) is 12.5 Å². The fourth-order valence-corrected chi connectivity index (χ4v) is 1.73. The lowest BCUT2D eigenvalue weighted by Crippen LogP contribution is -2.52. The molecule has 0 aromatic rings. The Morgan fingerprint density at radius 3 is 2.43 bits per heavy atom. The fourth-order valence-electron chi connectivity index (χ4n) is 1.73. The molecule has 3 heteroatoms. The largest absolute Gasteiger partial charge is 0.344 e. The Balaban J connectivity index is 2.42. The lowest BCUT2D eigenvalue weighted by atomic mass is 9.85. The Labute approximate surface area is 86.9 Å². The zero-order chi connectivity index (χ0) is 10.8. The maximum atomic E-state index is 11.9. The number of carbonyl (C=O) groups excluding carboxylic acids is 1. The number of nitrogens with one attached hydrogen (secondary N) is 1. The van der Waals surface area contributed by atoms with Crippen molar-refractivity contribution in [3.8, 4) is 0 Å². The molecule has 1 fully saturated rings. The molecule has 82 valence electrons. The lowest BCUT2D eigenvalue weighted by molar-refractivity contribution is -0.136. The quantitative estimate of drug-likeness (QED) is 0.737. The standard InChI is InChI=1S/C11H22N2O/c1-11(2,12-3)10(14)13(4)8-9-6-5-7-9/h9,12H,5-8H2,1-4H3. The summed E-state index contributed by atoms with van der Waals surface area (Å²) in [5.74, 6) is 0.934. The summed E-state index contributed by atoms with van der Waals surface area (Å²) in [7, 11) is 3.73. The molecule has 0 heterocycles. The third-order valence-electron chi connectivity index (χ3n) is 3.26. The molecule has 0 spiro atoms. The van der Waals surface area contributed by atoms with E-state index < -0.39 is 5.54 Å². The highest BCUT2D eigenvalue weighted by molar-refractivity contribution is 5.85. The second-order valence-electron chi connectivity index (χ2n) is 4.86. The first-order valence-electron chi connectivity index (χ1n) is 5.42. The van der Waals surface area contributed by atoms with Crippen LogP contribution in [0, 0.1) is 5.92 Å². The van der Waals surface area contributed by atoms with Crippen molar-refractivity contribution in [1.29, 1.82) is 0 Å². The Hall–Kier alpha value is -0.570. The first-order chi connectivity index (χ1) is 6.47. The summed E-state index contributed by atoms with van der Waals surface area (Å²) in [6.45, 7) is 4.77. The maximum Gasteiger partial charge on any atom is 0.242 e. The minimum absolute atomic E-state index is 0.187. The summed E-state index contributed by atoms with van der Waals surface area (Å²) in [6.07, 6.45) is 3.91. The van der Waals surface area contributed by atoms with Crippen LogP contribution in [0.15, 0.2) is 0 Å². The van der Waals surface area contributed by atoms with Crippen LogP contribution >= 0.6 is 0 Å². The Bertz CT molecular complexity index is 209. The first kappa shape index (κ1) is 11.5. The van der Waals surface area contributed by atoms with Gasteiger partial charge in [-0.3, -0.25) is 4.79 Å². The van der Waals surface area contributed by atoms with E-state index in [2.05, 4.69) is 5.32 Å². The van der Waals surface area contributed by atoms with E-state index in [0.29, 0.717) is 0 Å². The molecular formula is C11H22N2O. The van der Waals surface area contributed by atoms with Crippen LogP contribution in [0.2, 0.25) is 0 Å². The Morgan fingerprint density at radius 2 is 2.07 bits per heavy atom. The Kier molecular flexibility index (Phi) is 3.53. The van der Waals surface area contributed by atoms with Crippen LogP contribution in [0.1, 0.15) is 33.1 Å². The van der Waals surface area contributed by atoms with Crippen molar-refractivity contribution in [3.63, 3.8) is 0 Å². The van der Waals surface area contributed by atoms with Crippen molar-refractivity contribution >= 4 is 5.91 Å². The molecule has 0 atom stereocenters. The van der Waals surface area contributed by atoms with E-state index in [9.17, 15) is 4.79 Å². The van der Waals surface area contributed by atoms with Gasteiger partial charge in [0.15, 0.2) is 0 Å². The predicted molar refractivity (Wildman–Crippen MR) is 58.1 cm³/mol. The summed E-state index contributed by atoms with van der Waals surface area (Å²) >= 11 is 0. The van der Waals surface area contributed by atoms with Crippen LogP contribution in [0.4, 0.5) is 0 Å². The van der Waals surface area contributed by atoms with E-state index in [4.69, 9.17) is 0 Å². The first-order valence-corrected chi connectivity index (χ1v) is 5.42. The van der Waals surface area contributed by atoms with Gasteiger partial charge in [-0.05, 0) is 39.7 Å². The van der Waals surface area contributed by atoms with Gasteiger partial charge in [-0.15, -0.1) is 0 Å². The summed E-state index contributed by atoms with van der Waals surface area (Å²) in [5.41, 5.74) is -0.432. The number of hydrogen-bond acceptors (Lipinski definition) is 2. The van der Waals surface area contributed by atoms with E-state index in [-0.39, 0.29) is 5.91 Å². The normalized spacial score (nSPS) is 17.7. The number of nitrogens with zero attached hydrogens (tertiary/aromatic N) is 1. The summed E-state index contributed by atoms with van der Waals surface area (Å²) in [5, 5.41) is 3.04. The van der Waals surface area contributed by atoms with Gasteiger partial charge in [-0.2, -0.15) is 0 Å². The highest BCUT2D eigenvalue weighted by Crippen LogP contribution is 2.27. The average Bonchev–Trinajstić information content (AvgIpc) is 2.09. The van der Waals surface area contributed by atoms with Gasteiger partial charge >= 0.3 is 0 Å². The lowest BCUT2D eigenvalue weighted by Gasteiger charge is -2.34. The van der Waals surface area contributed by atoms with Gasteiger partial charge < -0.3 is 10.2 Å². The summed E-state index contributed by atoms with van der Waals surface area (Å²) < 4.78 is 0. The fraction of sp³-hybridized carbons (Fsp3) is 0.909. The number of likely N-dealkylation sites (N-methyl/N-ethyl adjacent to an activating group) is 2. The molecule has 1 aliphatic rings. The van der Waals surface area contributed by atoms with Gasteiger partial charge in [0.1, 0.15) is 0 Å². The second-order valence-corrected chi connectivity index (χ2v) is 4.86. The molecule has 1 aliphatic carbocycles. The third kappa shape index (κ3) is 2.47. The topological polar surface area (TPSA) is 32.3 Å². The number of carbonyl (C=O) groups is 1. The zero-order valence-corrected chi connectivity index (χ0v) is 9.76. The molecule has 0 unspecified atom stereocenters. The molecule has 0 saturated heterocycles. The van der Waals surface area contributed by atoms with Gasteiger partial charge in [0.05, 0.1) is 5.54 Å². The van der Waals surface area contributed by atoms with Crippen LogP contribution in [-0.4, -0.2) is 37.0 Å². The molecule has 3 nitrogen and oxygen atoms in total. The van der Waals surface area contributed by atoms with Crippen LogP contribution in [0.3, 0.4) is 0 Å². The third-order valence-corrected chi connectivity index (χ3v) is 3.26. The van der Waals surface area contributed by atoms with Gasteiger partial charge in [-0.1, -0.05) is 6.42 Å². The van der Waals surface area contributed by atoms with E-state index in [1.807, 2.05) is 32.8 Å². The molecule has 1 rings (SSSR count). The smallest absolute Gasteiger partial charge is 0.242 e. The van der Waals surface area contributed by atoms with Crippen molar-refractivity contribution in [2.45, 2.75) is 38.6 Å². The molecule has 0 aromatic heterocycles. The van der Waals surface area contributed by atoms with Crippen molar-refractivity contribution in [3.05, 3.63) is 0 Å². The van der Waals surface area contributed by atoms with Gasteiger partial charge in [-0.25, -0.2) is 0 Å². The van der Waals surface area contributed by atoms with Crippen molar-refractivity contribution in [2.75, 3.05) is 20.6 Å². The minimum Gasteiger partial charge on any atom is -0.344 e. The van der Waals surface area contributed by atoms with Crippen molar-refractivity contribution in [2.24, 2.45) is 5.92 Å². The molecule has 14 heavy (non-hydrogen) atoms. The molecule has 1 amide bonds. The van der Waals surface area contributed by atoms with E-state index >= 15 is 0 Å². The van der Waals surface area contributed by atoms with E-state index in [1.54, 1.807) is 0 Å². The molecule has 0 radical (unpaired) electrons. The molecule has 1 N–H and O–H groups in total. The average molecular weight is 198 g/mol. The minimum atomic E-state index is -0.432. The summed E-state index contributed by atoms with van der Waals surface area (Å²) in [6, 6.07) is 0. The molecular weight excluding hydrogens is 176 g/mol. The van der Waals surface area contributed by atoms with Crippen LogP contribution < -0.4 is 5.32 Å². The highest BCUT2D eigenvalue weighted by atomic mass is 16.2. The van der Waals surface area contributed by atoms with Gasteiger partial charge in [0, 0.05) is 13.6 Å². The van der Waals surface area contributed by atoms with Crippen molar-refractivity contribution < 1.29 is 4.79 Å². The zero-order valence-electron chi connectivity index (χ0n) is 9.76. The molecule has 0 aliphatic heterocycles. The molecule has 0 aromatic carbocycles. The SMILES string of the molecule is CNC(C)(C)C(=O)N(C)CC1CCC1. The molecule has 1 saturated carbocycles. The summed E-state index contributed by atoms with van der Waals surface area (Å²) in [4.78, 5) is 13.8. The van der Waals surface area contributed by atoms with Gasteiger partial charge in [0.25, 0.3) is 0 Å². The molecule has 0 bridgehead atoms. The van der Waals surface area contributed by atoms with Crippen molar-refractivity contribution in [1.82, 2.24) is 10.2 Å².